The number of amides is 3. The molecule has 0 radical (unpaired) electrons. The van der Waals surface area contributed by atoms with Gasteiger partial charge in [-0.2, -0.15) is 18.2 Å². The molecule has 2 aromatic carbocycles. The van der Waals surface area contributed by atoms with E-state index in [1.807, 2.05) is 12.1 Å². The van der Waals surface area contributed by atoms with Gasteiger partial charge in [-0.25, -0.2) is 4.98 Å². The van der Waals surface area contributed by atoms with Gasteiger partial charge in [0.15, 0.2) is 0 Å². The van der Waals surface area contributed by atoms with Crippen LogP contribution >= 0.6 is 11.6 Å². The molecule has 1 saturated carbocycles. The minimum atomic E-state index is -4.53. The van der Waals surface area contributed by atoms with Crippen LogP contribution < -0.4 is 15.0 Å². The van der Waals surface area contributed by atoms with Gasteiger partial charge in [0.05, 0.1) is 16.3 Å². The van der Waals surface area contributed by atoms with Gasteiger partial charge in [-0.3, -0.25) is 19.7 Å². The Morgan fingerprint density at radius 1 is 1.05 bits per heavy atom. The lowest BCUT2D eigenvalue weighted by molar-refractivity contribution is -0.138. The smallest absolute Gasteiger partial charge is 0.416 e. The first-order chi connectivity index (χ1) is 20.5. The lowest BCUT2D eigenvalue weighted by Crippen LogP contribution is -2.52. The highest BCUT2D eigenvalue weighted by molar-refractivity contribution is 6.33. The van der Waals surface area contributed by atoms with E-state index in [1.165, 1.54) is 11.0 Å². The van der Waals surface area contributed by atoms with Gasteiger partial charge in [0.2, 0.25) is 23.6 Å². The average Bonchev–Trinajstić information content (AvgIpc) is 3.25. The Labute approximate surface area is 250 Å². The first-order valence-corrected chi connectivity index (χ1v) is 14.2. The molecule has 3 aromatic rings. The fraction of sp³-hybridized carbons (Fsp3) is 0.367. The number of alkyl halides is 3. The van der Waals surface area contributed by atoms with Crippen molar-refractivity contribution in [2.45, 2.75) is 63.5 Å². The molecule has 3 aliphatic rings. The highest BCUT2D eigenvalue weighted by atomic mass is 35.5. The summed E-state index contributed by atoms with van der Waals surface area (Å²) in [6.07, 6.45) is -1.26. The summed E-state index contributed by atoms with van der Waals surface area (Å²) >= 11 is 6.29. The second-order valence-corrected chi connectivity index (χ2v) is 11.4. The number of ether oxygens (including phenoxy) is 1. The third-order valence-corrected chi connectivity index (χ3v) is 8.26. The van der Waals surface area contributed by atoms with E-state index < -0.39 is 23.7 Å². The van der Waals surface area contributed by atoms with E-state index in [0.29, 0.717) is 29.2 Å². The number of hydrogen-bond acceptors (Lipinski definition) is 7. The Bertz CT molecular complexity index is 1630. The van der Waals surface area contributed by atoms with E-state index in [2.05, 4.69) is 15.3 Å². The highest BCUT2D eigenvalue weighted by Gasteiger charge is 2.39. The lowest BCUT2D eigenvalue weighted by Gasteiger charge is -2.29. The van der Waals surface area contributed by atoms with Gasteiger partial charge in [0.1, 0.15) is 12.1 Å². The molecule has 1 saturated heterocycles. The van der Waals surface area contributed by atoms with Crippen LogP contribution in [-0.2, 0) is 28.9 Å². The molecule has 3 heterocycles. The van der Waals surface area contributed by atoms with Crippen molar-refractivity contribution >= 4 is 35.3 Å². The van der Waals surface area contributed by atoms with Crippen molar-refractivity contribution in [2.75, 3.05) is 11.9 Å². The number of nitrogens with one attached hydrogen (secondary N) is 1. The summed E-state index contributed by atoms with van der Waals surface area (Å²) in [7, 11) is 1.77. The van der Waals surface area contributed by atoms with E-state index in [9.17, 15) is 27.6 Å². The largest absolute Gasteiger partial charge is 0.474 e. The number of anilines is 1. The van der Waals surface area contributed by atoms with E-state index >= 15 is 0 Å². The van der Waals surface area contributed by atoms with Crippen LogP contribution in [0.1, 0.15) is 59.2 Å². The summed E-state index contributed by atoms with van der Waals surface area (Å²) in [6.45, 7) is 0.586. The van der Waals surface area contributed by atoms with Crippen LogP contribution in [0.15, 0.2) is 42.5 Å². The fourth-order valence-electron chi connectivity index (χ4n) is 5.41. The number of carbonyl (C=O) groups is 3. The van der Waals surface area contributed by atoms with Gasteiger partial charge in [-0.05, 0) is 55.0 Å². The Morgan fingerprint density at radius 2 is 1.81 bits per heavy atom. The molecule has 0 bridgehead atoms. The van der Waals surface area contributed by atoms with Crippen LogP contribution in [0.2, 0.25) is 5.02 Å². The van der Waals surface area contributed by atoms with Gasteiger partial charge in [-0.15, -0.1) is 0 Å². The Balaban J connectivity index is 1.25. The van der Waals surface area contributed by atoms with Gasteiger partial charge in [0, 0.05) is 43.8 Å². The zero-order chi connectivity index (χ0) is 30.5. The second kappa shape index (κ2) is 11.1. The monoisotopic (exact) mass is 613 g/mol. The number of imide groups is 1. The van der Waals surface area contributed by atoms with E-state index in [4.69, 9.17) is 16.3 Å². The fourth-order valence-corrected chi connectivity index (χ4v) is 5.69. The van der Waals surface area contributed by atoms with Crippen molar-refractivity contribution in [2.24, 2.45) is 0 Å². The number of piperidine rings is 1. The maximum atomic E-state index is 13.2. The molecule has 1 atom stereocenters. The maximum Gasteiger partial charge on any atom is 0.416 e. The van der Waals surface area contributed by atoms with Gasteiger partial charge in [-0.1, -0.05) is 29.8 Å². The van der Waals surface area contributed by atoms with Crippen LogP contribution in [-0.4, -0.2) is 51.8 Å². The molecule has 3 amide bonds. The summed E-state index contributed by atoms with van der Waals surface area (Å²) in [5, 5.41) is 2.20. The summed E-state index contributed by atoms with van der Waals surface area (Å²) in [5.41, 5.74) is 1.90. The molecule has 13 heteroatoms. The summed E-state index contributed by atoms with van der Waals surface area (Å²) < 4.78 is 45.7. The third-order valence-electron chi connectivity index (χ3n) is 7.95. The van der Waals surface area contributed by atoms with Crippen molar-refractivity contribution in [3.8, 4) is 17.1 Å². The van der Waals surface area contributed by atoms with Gasteiger partial charge >= 0.3 is 6.18 Å². The van der Waals surface area contributed by atoms with Crippen LogP contribution in [0, 0.1) is 0 Å². The molecule has 1 aromatic heterocycles. The van der Waals surface area contributed by atoms with E-state index in [1.54, 1.807) is 24.1 Å². The summed E-state index contributed by atoms with van der Waals surface area (Å²) in [6, 6.07) is 9.41. The maximum absolute atomic E-state index is 13.2. The number of aromatic nitrogens is 2. The number of benzene rings is 2. The summed E-state index contributed by atoms with van der Waals surface area (Å²) in [4.78, 5) is 49.4. The molecular weight excluding hydrogens is 587 g/mol. The first-order valence-electron chi connectivity index (χ1n) is 13.9. The van der Waals surface area contributed by atoms with Crippen molar-refractivity contribution < 1.29 is 32.3 Å². The molecule has 1 aliphatic carbocycles. The number of carbonyl (C=O) groups excluding carboxylic acids is 3. The van der Waals surface area contributed by atoms with Crippen LogP contribution in [0.5, 0.6) is 5.88 Å². The van der Waals surface area contributed by atoms with Crippen molar-refractivity contribution in [3.05, 3.63) is 69.7 Å². The van der Waals surface area contributed by atoms with Gasteiger partial charge in [0.25, 0.3) is 5.91 Å². The third kappa shape index (κ3) is 5.88. The normalized spacial score (nSPS) is 18.8. The molecule has 0 spiro atoms. The predicted octanol–water partition coefficient (Wildman–Crippen LogP) is 5.14. The Morgan fingerprint density at radius 3 is 2.49 bits per heavy atom. The number of nitrogens with zero attached hydrogens (tertiary/aromatic N) is 4. The first kappa shape index (κ1) is 28.9. The SMILES string of the molecule is CN(Cc1ccc2c(c1)CN(C1CCC(=O)NC1=O)C2=O)c1nc(OC2CCC2)cc(-c2ccc(C(F)(F)F)cc2Cl)n1. The highest BCUT2D eigenvalue weighted by Crippen LogP contribution is 2.37. The van der Waals surface area contributed by atoms with Crippen molar-refractivity contribution in [1.82, 2.24) is 20.2 Å². The van der Waals surface area contributed by atoms with Crippen LogP contribution in [0.25, 0.3) is 11.3 Å². The molecule has 9 nitrogen and oxygen atoms in total. The summed E-state index contributed by atoms with van der Waals surface area (Å²) in [5.74, 6) is -0.491. The average molecular weight is 614 g/mol. The lowest BCUT2D eigenvalue weighted by atomic mass is 9.96. The number of hydrogen-bond donors (Lipinski definition) is 1. The number of rotatable bonds is 7. The topological polar surface area (TPSA) is 105 Å². The van der Waals surface area contributed by atoms with E-state index in [0.717, 1.165) is 42.5 Å². The molecule has 2 aliphatic heterocycles. The minimum Gasteiger partial charge on any atom is -0.474 e. The number of halogens is 4. The van der Waals surface area contributed by atoms with Crippen LogP contribution in [0.4, 0.5) is 19.1 Å². The molecule has 2 fully saturated rings. The molecule has 43 heavy (non-hydrogen) atoms. The standard InChI is InChI=1S/C30H27ClF3N5O4/c1-38(14-16-5-7-20-17(11-16)15-39(28(20)42)24-9-10-25(40)36-27(24)41)29-35-23(13-26(37-29)43-19-3-2-4-19)21-8-6-18(12-22(21)31)30(32,33)34/h5-8,11-13,19,24H,2-4,9-10,14-15H2,1H3,(H,36,40,41). The Kier molecular flexibility index (Phi) is 7.49. The molecular formula is C30H27ClF3N5O4. The predicted molar refractivity (Wildman–Crippen MR) is 150 cm³/mol. The zero-order valence-electron chi connectivity index (χ0n) is 23.1. The van der Waals surface area contributed by atoms with Crippen LogP contribution in [0.3, 0.4) is 0 Å². The minimum absolute atomic E-state index is 0.00513. The number of fused-ring (bicyclic) bond motifs is 1. The van der Waals surface area contributed by atoms with Crippen molar-refractivity contribution in [1.29, 1.82) is 0 Å². The van der Waals surface area contributed by atoms with Crippen molar-refractivity contribution in [3.63, 3.8) is 0 Å². The quantitative estimate of drug-likeness (QED) is 0.368. The zero-order valence-corrected chi connectivity index (χ0v) is 23.8. The molecule has 1 N–H and O–H groups in total. The Hall–Kier alpha value is -4.19. The van der Waals surface area contributed by atoms with E-state index in [-0.39, 0.29) is 48.3 Å². The molecule has 6 rings (SSSR count). The molecule has 224 valence electrons. The van der Waals surface area contributed by atoms with Gasteiger partial charge < -0.3 is 14.5 Å². The second-order valence-electron chi connectivity index (χ2n) is 11.0. The molecule has 1 unspecified atom stereocenters.